The van der Waals surface area contributed by atoms with Gasteiger partial charge < -0.3 is 0 Å². The Hall–Kier alpha value is -1.89. The summed E-state index contributed by atoms with van der Waals surface area (Å²) in [5.41, 5.74) is 0.140. The van der Waals surface area contributed by atoms with Crippen LogP contribution in [0.3, 0.4) is 0 Å². The van der Waals surface area contributed by atoms with Crippen LogP contribution in [0.5, 0.6) is 0 Å². The average Bonchev–Trinajstić information content (AvgIpc) is 2.37. The zero-order valence-corrected chi connectivity index (χ0v) is 10.7. The van der Waals surface area contributed by atoms with E-state index in [-0.39, 0.29) is 11.2 Å². The molecule has 2 aromatic rings. The minimum atomic E-state index is -0.495. The van der Waals surface area contributed by atoms with Crippen molar-refractivity contribution in [2.45, 2.75) is 18.6 Å². The lowest BCUT2D eigenvalue weighted by atomic mass is 10.2. The lowest BCUT2D eigenvalue weighted by Gasteiger charge is -2.08. The quantitative estimate of drug-likeness (QED) is 0.367. The summed E-state index contributed by atoms with van der Waals surface area (Å²) in [5.74, 6) is 0. The molecule has 2 rings (SSSR count). The van der Waals surface area contributed by atoms with Crippen LogP contribution >= 0.6 is 11.8 Å². The fraction of sp³-hybridized carbons (Fsp3) is 0.273. The van der Waals surface area contributed by atoms with Gasteiger partial charge in [-0.2, -0.15) is 0 Å². The highest BCUT2D eigenvalue weighted by molar-refractivity contribution is 7.98. The van der Waals surface area contributed by atoms with Gasteiger partial charge in [0, 0.05) is 18.7 Å². The van der Waals surface area contributed by atoms with Crippen molar-refractivity contribution >= 4 is 28.4 Å². The van der Waals surface area contributed by atoms with E-state index in [4.69, 9.17) is 0 Å². The summed E-state index contributed by atoms with van der Waals surface area (Å²) in [6, 6.07) is 4.11. The third kappa shape index (κ3) is 1.97. The molecule has 0 saturated carbocycles. The molecule has 0 unspecified atom stereocenters. The largest absolute Gasteiger partial charge is 0.287 e. The summed E-state index contributed by atoms with van der Waals surface area (Å²) in [7, 11) is 0. The molecule has 0 atom stereocenters. The Morgan fingerprint density at radius 2 is 2.22 bits per heavy atom. The second-order valence-electron chi connectivity index (χ2n) is 3.61. The third-order valence-corrected chi connectivity index (χ3v) is 3.29. The highest BCUT2D eigenvalue weighted by atomic mass is 32.2. The average molecular weight is 265 g/mol. The molecule has 7 heteroatoms. The Morgan fingerprint density at radius 3 is 2.78 bits per heavy atom. The summed E-state index contributed by atoms with van der Waals surface area (Å²) in [6.45, 7) is 2.38. The molecule has 94 valence electrons. The van der Waals surface area contributed by atoms with Crippen molar-refractivity contribution in [3.63, 3.8) is 0 Å². The van der Waals surface area contributed by atoms with Crippen molar-refractivity contribution < 1.29 is 4.92 Å². The number of rotatable bonds is 3. The van der Waals surface area contributed by atoms with Gasteiger partial charge in [-0.05, 0) is 19.2 Å². The molecule has 0 aliphatic rings. The number of non-ortho nitro benzene ring substituents is 1. The highest BCUT2D eigenvalue weighted by Gasteiger charge is 2.13. The number of nitro benzene ring substituents is 1. The Kier molecular flexibility index (Phi) is 3.33. The van der Waals surface area contributed by atoms with E-state index in [1.54, 1.807) is 4.57 Å². The molecule has 0 N–H and O–H groups in total. The number of benzene rings is 1. The van der Waals surface area contributed by atoms with Crippen molar-refractivity contribution in [3.8, 4) is 0 Å². The van der Waals surface area contributed by atoms with Gasteiger partial charge in [0.1, 0.15) is 0 Å². The summed E-state index contributed by atoms with van der Waals surface area (Å²) in [6.07, 6.45) is 1.82. The summed E-state index contributed by atoms with van der Waals surface area (Å²) < 4.78 is 1.55. The SMILES string of the molecule is CCn1c(SC)nc2cc([N+](=O)[O-])ccc2c1=O. The molecule has 1 aromatic heterocycles. The molecular weight excluding hydrogens is 254 g/mol. The molecule has 1 aromatic carbocycles. The van der Waals surface area contributed by atoms with Gasteiger partial charge in [0.25, 0.3) is 11.2 Å². The van der Waals surface area contributed by atoms with Crippen LogP contribution in [0, 0.1) is 10.1 Å². The van der Waals surface area contributed by atoms with Crippen molar-refractivity contribution in [3.05, 3.63) is 38.7 Å². The second kappa shape index (κ2) is 4.77. The maximum Gasteiger partial charge on any atom is 0.271 e. The first kappa shape index (κ1) is 12.6. The molecule has 0 saturated heterocycles. The van der Waals surface area contributed by atoms with Crippen LogP contribution in [-0.4, -0.2) is 20.7 Å². The number of hydrogen-bond acceptors (Lipinski definition) is 5. The zero-order chi connectivity index (χ0) is 13.3. The summed E-state index contributed by atoms with van der Waals surface area (Å²) in [5, 5.41) is 11.7. The number of nitrogens with zero attached hydrogens (tertiary/aromatic N) is 3. The van der Waals surface area contributed by atoms with Crippen molar-refractivity contribution in [1.29, 1.82) is 0 Å². The first-order valence-electron chi connectivity index (χ1n) is 5.31. The van der Waals surface area contributed by atoms with Crippen LogP contribution in [0.1, 0.15) is 6.92 Å². The van der Waals surface area contributed by atoms with E-state index < -0.39 is 4.92 Å². The second-order valence-corrected chi connectivity index (χ2v) is 4.38. The van der Waals surface area contributed by atoms with E-state index in [1.807, 2.05) is 13.2 Å². The lowest BCUT2D eigenvalue weighted by molar-refractivity contribution is -0.384. The first-order chi connectivity index (χ1) is 8.58. The van der Waals surface area contributed by atoms with Crippen LogP contribution < -0.4 is 5.56 Å². The minimum absolute atomic E-state index is 0.0595. The molecule has 18 heavy (non-hydrogen) atoms. The van der Waals surface area contributed by atoms with Gasteiger partial charge in [-0.3, -0.25) is 19.5 Å². The van der Waals surface area contributed by atoms with Crippen molar-refractivity contribution in [2.24, 2.45) is 0 Å². The van der Waals surface area contributed by atoms with Gasteiger partial charge in [0.05, 0.1) is 15.8 Å². The Labute approximate surface area is 107 Å². The van der Waals surface area contributed by atoms with Gasteiger partial charge in [0.2, 0.25) is 0 Å². The number of aromatic nitrogens is 2. The van der Waals surface area contributed by atoms with Gasteiger partial charge in [-0.25, -0.2) is 4.98 Å². The van der Waals surface area contributed by atoms with E-state index in [0.29, 0.717) is 22.6 Å². The number of nitro groups is 1. The maximum absolute atomic E-state index is 12.2. The van der Waals surface area contributed by atoms with Gasteiger partial charge in [-0.15, -0.1) is 0 Å². The van der Waals surface area contributed by atoms with Crippen LogP contribution in [0.15, 0.2) is 28.2 Å². The highest BCUT2D eigenvalue weighted by Crippen LogP contribution is 2.19. The molecule has 0 aliphatic carbocycles. The van der Waals surface area contributed by atoms with Crippen LogP contribution in [-0.2, 0) is 6.54 Å². The molecule has 0 aliphatic heterocycles. The minimum Gasteiger partial charge on any atom is -0.287 e. The Balaban J connectivity index is 2.82. The van der Waals surface area contributed by atoms with Crippen molar-refractivity contribution in [1.82, 2.24) is 9.55 Å². The van der Waals surface area contributed by atoms with Crippen LogP contribution in [0.25, 0.3) is 10.9 Å². The molecule has 0 amide bonds. The monoisotopic (exact) mass is 265 g/mol. The zero-order valence-electron chi connectivity index (χ0n) is 9.91. The molecular formula is C11H11N3O3S. The number of thioether (sulfide) groups is 1. The van der Waals surface area contributed by atoms with Gasteiger partial charge in [0.15, 0.2) is 5.16 Å². The van der Waals surface area contributed by atoms with Gasteiger partial charge >= 0.3 is 0 Å². The Morgan fingerprint density at radius 1 is 1.50 bits per heavy atom. The summed E-state index contributed by atoms with van der Waals surface area (Å²) >= 11 is 1.35. The molecule has 0 bridgehead atoms. The fourth-order valence-corrected chi connectivity index (χ4v) is 2.36. The number of fused-ring (bicyclic) bond motifs is 1. The Bertz CT molecular complexity index is 681. The normalized spacial score (nSPS) is 10.8. The predicted molar refractivity (Wildman–Crippen MR) is 70.1 cm³/mol. The van der Waals surface area contributed by atoms with E-state index in [2.05, 4.69) is 4.98 Å². The third-order valence-electron chi connectivity index (χ3n) is 2.61. The van der Waals surface area contributed by atoms with E-state index in [1.165, 1.54) is 30.0 Å². The predicted octanol–water partition coefficient (Wildman–Crippen LogP) is 2.05. The standard InChI is InChI=1S/C11H11N3O3S/c1-3-13-10(15)8-5-4-7(14(16)17)6-9(8)12-11(13)18-2/h4-6H,3H2,1-2H3. The number of hydrogen-bond donors (Lipinski definition) is 0. The smallest absolute Gasteiger partial charge is 0.271 e. The molecule has 1 heterocycles. The van der Waals surface area contributed by atoms with Crippen molar-refractivity contribution in [2.75, 3.05) is 6.26 Å². The molecule has 0 fully saturated rings. The molecule has 0 radical (unpaired) electrons. The molecule has 0 spiro atoms. The van der Waals surface area contributed by atoms with E-state index in [0.717, 1.165) is 0 Å². The molecule has 6 nitrogen and oxygen atoms in total. The van der Waals surface area contributed by atoms with E-state index >= 15 is 0 Å². The topological polar surface area (TPSA) is 78.0 Å². The van der Waals surface area contributed by atoms with E-state index in [9.17, 15) is 14.9 Å². The lowest BCUT2D eigenvalue weighted by Crippen LogP contribution is -2.22. The summed E-state index contributed by atoms with van der Waals surface area (Å²) in [4.78, 5) is 26.7. The van der Waals surface area contributed by atoms with Crippen LogP contribution in [0.4, 0.5) is 5.69 Å². The first-order valence-corrected chi connectivity index (χ1v) is 6.54. The van der Waals surface area contributed by atoms with Crippen LogP contribution in [0.2, 0.25) is 0 Å². The maximum atomic E-state index is 12.2. The fourth-order valence-electron chi connectivity index (χ4n) is 1.74. The van der Waals surface area contributed by atoms with Gasteiger partial charge in [-0.1, -0.05) is 11.8 Å².